The van der Waals surface area contributed by atoms with Crippen molar-refractivity contribution in [1.29, 1.82) is 0 Å². The molecule has 0 bridgehead atoms. The van der Waals surface area contributed by atoms with Crippen LogP contribution in [0.25, 0.3) is 0 Å². The standard InChI is InChI=1S/C17H33NO5/c1-18(2,3)14-17(23,13-16(21)22)15(20)11-9-7-5-4-6-8-10-12-19/h19,23H,4-14H2,1-3H3/p+1. The Bertz CT molecular complexity index is 364. The lowest BCUT2D eigenvalue weighted by atomic mass is 9.89. The molecular weight excluding hydrogens is 298 g/mol. The summed E-state index contributed by atoms with van der Waals surface area (Å²) in [6.45, 7) is 0.336. The normalized spacial score (nSPS) is 14.5. The number of quaternary nitrogens is 1. The molecule has 0 radical (unpaired) electrons. The number of likely N-dealkylation sites (N-methyl/N-ethyl adjacent to an activating group) is 1. The Morgan fingerprint density at radius 2 is 1.39 bits per heavy atom. The first-order chi connectivity index (χ1) is 10.6. The molecule has 0 aromatic heterocycles. The number of rotatable bonds is 14. The number of aliphatic hydroxyl groups excluding tert-OH is 1. The van der Waals surface area contributed by atoms with Crippen molar-refractivity contribution < 1.29 is 29.4 Å². The maximum atomic E-state index is 12.3. The lowest BCUT2D eigenvalue weighted by Gasteiger charge is -2.33. The van der Waals surface area contributed by atoms with Crippen LogP contribution in [-0.4, -0.2) is 71.5 Å². The Morgan fingerprint density at radius 3 is 1.83 bits per heavy atom. The number of hydrogen-bond acceptors (Lipinski definition) is 4. The number of carboxylic acids is 1. The lowest BCUT2D eigenvalue weighted by Crippen LogP contribution is -2.54. The van der Waals surface area contributed by atoms with Crippen LogP contribution in [0, 0.1) is 0 Å². The van der Waals surface area contributed by atoms with Gasteiger partial charge >= 0.3 is 5.97 Å². The van der Waals surface area contributed by atoms with Gasteiger partial charge in [-0.2, -0.15) is 0 Å². The van der Waals surface area contributed by atoms with Gasteiger partial charge in [0.25, 0.3) is 0 Å². The minimum Gasteiger partial charge on any atom is -0.481 e. The quantitative estimate of drug-likeness (QED) is 0.332. The summed E-state index contributed by atoms with van der Waals surface area (Å²) in [5.74, 6) is -1.52. The molecule has 0 aliphatic heterocycles. The predicted molar refractivity (Wildman–Crippen MR) is 89.1 cm³/mol. The second-order valence-electron chi connectivity index (χ2n) is 7.42. The van der Waals surface area contributed by atoms with Crippen LogP contribution < -0.4 is 0 Å². The Morgan fingerprint density at radius 1 is 0.913 bits per heavy atom. The number of aliphatic hydroxyl groups is 2. The van der Waals surface area contributed by atoms with E-state index in [1.54, 1.807) is 0 Å². The van der Waals surface area contributed by atoms with Gasteiger partial charge < -0.3 is 19.8 Å². The third kappa shape index (κ3) is 11.2. The van der Waals surface area contributed by atoms with Crippen molar-refractivity contribution in [1.82, 2.24) is 0 Å². The molecule has 3 N–H and O–H groups in total. The molecule has 0 rings (SSSR count). The molecule has 0 aliphatic carbocycles. The number of Topliss-reactive ketones (excluding diaryl/α,β-unsaturated/α-hetero) is 1. The summed E-state index contributed by atoms with van der Waals surface area (Å²) in [7, 11) is 5.48. The van der Waals surface area contributed by atoms with Gasteiger partial charge in [-0.25, -0.2) is 0 Å². The molecular formula is C17H34NO5+. The number of carbonyl (C=O) groups is 2. The zero-order chi connectivity index (χ0) is 17.9. The minimum absolute atomic E-state index is 0.0965. The van der Waals surface area contributed by atoms with Crippen LogP contribution in [0.1, 0.15) is 57.8 Å². The molecule has 0 spiro atoms. The molecule has 0 heterocycles. The molecule has 1 unspecified atom stereocenters. The fourth-order valence-corrected chi connectivity index (χ4v) is 2.79. The first-order valence-electron chi connectivity index (χ1n) is 8.49. The maximum absolute atomic E-state index is 12.3. The van der Waals surface area contributed by atoms with Gasteiger partial charge in [-0.1, -0.05) is 32.1 Å². The Hall–Kier alpha value is -0.980. The summed E-state index contributed by atoms with van der Waals surface area (Å²) >= 11 is 0. The van der Waals surface area contributed by atoms with Gasteiger partial charge in [0.05, 0.1) is 27.6 Å². The van der Waals surface area contributed by atoms with Crippen molar-refractivity contribution in [2.24, 2.45) is 0 Å². The number of hydrogen-bond donors (Lipinski definition) is 3. The number of carboxylic acid groups (broad SMARTS) is 1. The van der Waals surface area contributed by atoms with Crippen LogP contribution in [0.4, 0.5) is 0 Å². The van der Waals surface area contributed by atoms with E-state index in [1.807, 2.05) is 21.1 Å². The zero-order valence-corrected chi connectivity index (χ0v) is 14.9. The van der Waals surface area contributed by atoms with Crippen molar-refractivity contribution in [2.75, 3.05) is 34.3 Å². The molecule has 0 amide bonds. The number of ketones is 1. The van der Waals surface area contributed by atoms with E-state index in [9.17, 15) is 14.7 Å². The van der Waals surface area contributed by atoms with E-state index >= 15 is 0 Å². The first-order valence-corrected chi connectivity index (χ1v) is 8.49. The highest BCUT2D eigenvalue weighted by molar-refractivity contribution is 5.90. The van der Waals surface area contributed by atoms with E-state index in [4.69, 9.17) is 10.2 Å². The average Bonchev–Trinajstić information content (AvgIpc) is 2.38. The Labute approximate surface area is 139 Å². The van der Waals surface area contributed by atoms with Crippen molar-refractivity contribution >= 4 is 11.8 Å². The molecule has 1 atom stereocenters. The predicted octanol–water partition coefficient (Wildman–Crippen LogP) is 1.58. The van der Waals surface area contributed by atoms with E-state index in [-0.39, 0.29) is 25.4 Å². The molecule has 0 saturated heterocycles. The number of aliphatic carboxylic acids is 1. The van der Waals surface area contributed by atoms with Gasteiger partial charge in [-0.3, -0.25) is 9.59 Å². The zero-order valence-electron chi connectivity index (χ0n) is 14.9. The lowest BCUT2D eigenvalue weighted by molar-refractivity contribution is -0.875. The fourth-order valence-electron chi connectivity index (χ4n) is 2.79. The van der Waals surface area contributed by atoms with Crippen LogP contribution in [0.15, 0.2) is 0 Å². The summed E-state index contributed by atoms with van der Waals surface area (Å²) in [5, 5.41) is 28.2. The summed E-state index contributed by atoms with van der Waals surface area (Å²) in [5.41, 5.74) is -1.79. The molecule has 0 aliphatic rings. The highest BCUT2D eigenvalue weighted by Gasteiger charge is 2.42. The van der Waals surface area contributed by atoms with Gasteiger partial charge in [0, 0.05) is 13.0 Å². The van der Waals surface area contributed by atoms with Gasteiger partial charge in [0.15, 0.2) is 11.4 Å². The van der Waals surface area contributed by atoms with E-state index in [1.165, 1.54) is 0 Å². The second kappa shape index (κ2) is 10.7. The van der Waals surface area contributed by atoms with Crippen molar-refractivity contribution in [3.63, 3.8) is 0 Å². The molecule has 0 aromatic rings. The SMILES string of the molecule is C[N+](C)(C)CC(O)(CC(=O)O)C(=O)CCCCCCCCCO. The van der Waals surface area contributed by atoms with Crippen LogP contribution in [0.2, 0.25) is 0 Å². The average molecular weight is 332 g/mol. The highest BCUT2D eigenvalue weighted by Crippen LogP contribution is 2.20. The smallest absolute Gasteiger partial charge is 0.306 e. The van der Waals surface area contributed by atoms with Crippen LogP contribution in [-0.2, 0) is 9.59 Å². The van der Waals surface area contributed by atoms with Crippen molar-refractivity contribution in [3.05, 3.63) is 0 Å². The summed E-state index contributed by atoms with van der Waals surface area (Å²) in [6, 6.07) is 0. The number of carbonyl (C=O) groups excluding carboxylic acids is 1. The highest BCUT2D eigenvalue weighted by atomic mass is 16.4. The fraction of sp³-hybridized carbons (Fsp3) is 0.882. The second-order valence-corrected chi connectivity index (χ2v) is 7.42. The van der Waals surface area contributed by atoms with E-state index < -0.39 is 18.0 Å². The summed E-state index contributed by atoms with van der Waals surface area (Å²) < 4.78 is 0.334. The number of nitrogens with zero attached hydrogens (tertiary/aromatic N) is 1. The topological polar surface area (TPSA) is 94.8 Å². The maximum Gasteiger partial charge on any atom is 0.306 e. The molecule has 0 aromatic carbocycles. The largest absolute Gasteiger partial charge is 0.481 e. The van der Waals surface area contributed by atoms with Crippen molar-refractivity contribution in [3.8, 4) is 0 Å². The summed E-state index contributed by atoms with van der Waals surface area (Å²) in [4.78, 5) is 23.3. The molecule has 0 fully saturated rings. The van der Waals surface area contributed by atoms with E-state index in [0.29, 0.717) is 10.9 Å². The molecule has 6 heteroatoms. The van der Waals surface area contributed by atoms with Crippen molar-refractivity contribution in [2.45, 2.75) is 63.4 Å². The monoisotopic (exact) mass is 332 g/mol. The van der Waals surface area contributed by atoms with Gasteiger partial charge in [-0.15, -0.1) is 0 Å². The van der Waals surface area contributed by atoms with Gasteiger partial charge in [0.2, 0.25) is 0 Å². The molecule has 23 heavy (non-hydrogen) atoms. The van der Waals surface area contributed by atoms with Crippen LogP contribution in [0.5, 0.6) is 0 Å². The minimum atomic E-state index is -1.79. The number of unbranched alkanes of at least 4 members (excludes halogenated alkanes) is 6. The Kier molecular flexibility index (Phi) is 10.3. The molecule has 6 nitrogen and oxygen atoms in total. The third-order valence-electron chi connectivity index (χ3n) is 3.76. The molecule has 136 valence electrons. The van der Waals surface area contributed by atoms with Gasteiger partial charge in [-0.05, 0) is 12.8 Å². The Balaban J connectivity index is 4.22. The van der Waals surface area contributed by atoms with E-state index in [2.05, 4.69) is 0 Å². The summed E-state index contributed by atoms with van der Waals surface area (Å²) in [6.07, 6.45) is 6.30. The first kappa shape index (κ1) is 22.0. The molecule has 0 saturated carbocycles. The van der Waals surface area contributed by atoms with Crippen LogP contribution >= 0.6 is 0 Å². The van der Waals surface area contributed by atoms with E-state index in [0.717, 1.165) is 38.5 Å². The van der Waals surface area contributed by atoms with Crippen LogP contribution in [0.3, 0.4) is 0 Å². The third-order valence-corrected chi connectivity index (χ3v) is 3.76. The van der Waals surface area contributed by atoms with Gasteiger partial charge in [0.1, 0.15) is 6.54 Å².